The van der Waals surface area contributed by atoms with Gasteiger partial charge >= 0.3 is 6.09 Å². The highest BCUT2D eigenvalue weighted by molar-refractivity contribution is 7.89. The molecule has 1 amide bonds. The monoisotopic (exact) mass is 333 g/mol. The molecule has 0 radical (unpaired) electrons. The number of hydrogen-bond donors (Lipinski definition) is 2. The number of hydrogen-bond acceptors (Lipinski definition) is 5. The lowest BCUT2D eigenvalue weighted by molar-refractivity contribution is 0.167. The summed E-state index contributed by atoms with van der Waals surface area (Å²) in [7, 11) is -2.54. The summed E-state index contributed by atoms with van der Waals surface area (Å²) in [6, 6.07) is 4.25. The minimum atomic E-state index is -3.79. The van der Waals surface area contributed by atoms with Gasteiger partial charge in [0.15, 0.2) is 0 Å². The minimum absolute atomic E-state index is 0.0828. The molecule has 1 atom stereocenters. The van der Waals surface area contributed by atoms with Gasteiger partial charge in [-0.15, -0.1) is 0 Å². The highest BCUT2D eigenvalue weighted by Gasteiger charge is 2.35. The standard InChI is InChI=1S/C12H16ClN3O4S/c1-20-12(17)15-8-5-6-16(7-8)21(18,19)11-9(13)3-2-4-10(11)14/h2-4,8H,5-7,14H2,1H3,(H,15,17). The largest absolute Gasteiger partial charge is 0.453 e. The van der Waals surface area contributed by atoms with Crippen LogP contribution in [-0.4, -0.2) is 45.1 Å². The number of amides is 1. The number of halogens is 1. The zero-order valence-electron chi connectivity index (χ0n) is 11.4. The Labute approximate surface area is 128 Å². The number of benzene rings is 1. The van der Waals surface area contributed by atoms with Crippen LogP contribution < -0.4 is 11.1 Å². The summed E-state index contributed by atoms with van der Waals surface area (Å²) < 4.78 is 30.9. The van der Waals surface area contributed by atoms with E-state index < -0.39 is 16.1 Å². The molecule has 1 aliphatic heterocycles. The van der Waals surface area contributed by atoms with Crippen LogP contribution in [0.5, 0.6) is 0 Å². The summed E-state index contributed by atoms with van der Waals surface area (Å²) in [6.07, 6.45) is -0.0879. The van der Waals surface area contributed by atoms with Crippen molar-refractivity contribution in [2.45, 2.75) is 17.4 Å². The Morgan fingerprint density at radius 3 is 2.86 bits per heavy atom. The number of anilines is 1. The second kappa shape index (κ2) is 6.08. The second-order valence-electron chi connectivity index (χ2n) is 4.64. The molecule has 116 valence electrons. The first-order valence-electron chi connectivity index (χ1n) is 6.25. The maximum Gasteiger partial charge on any atom is 0.407 e. The fourth-order valence-electron chi connectivity index (χ4n) is 2.22. The van der Waals surface area contributed by atoms with Gasteiger partial charge in [-0.3, -0.25) is 0 Å². The maximum atomic E-state index is 12.6. The number of carbonyl (C=O) groups excluding carboxylic acids is 1. The molecular weight excluding hydrogens is 318 g/mol. The van der Waals surface area contributed by atoms with E-state index in [4.69, 9.17) is 17.3 Å². The lowest BCUT2D eigenvalue weighted by atomic mass is 10.3. The van der Waals surface area contributed by atoms with Crippen molar-refractivity contribution in [2.24, 2.45) is 0 Å². The highest BCUT2D eigenvalue weighted by atomic mass is 35.5. The van der Waals surface area contributed by atoms with Crippen molar-refractivity contribution in [3.05, 3.63) is 23.2 Å². The van der Waals surface area contributed by atoms with Gasteiger partial charge in [0.2, 0.25) is 10.0 Å². The molecule has 1 heterocycles. The van der Waals surface area contributed by atoms with Crippen LogP contribution in [0.25, 0.3) is 0 Å². The summed E-state index contributed by atoms with van der Waals surface area (Å²) in [5, 5.41) is 2.66. The first-order valence-corrected chi connectivity index (χ1v) is 8.06. The van der Waals surface area contributed by atoms with Gasteiger partial charge in [0.1, 0.15) is 4.90 Å². The number of alkyl carbamates (subject to hydrolysis) is 1. The van der Waals surface area contributed by atoms with E-state index in [1.807, 2.05) is 0 Å². The summed E-state index contributed by atoms with van der Waals surface area (Å²) in [4.78, 5) is 11.1. The molecule has 1 saturated heterocycles. The van der Waals surface area contributed by atoms with Crippen LogP contribution in [0.1, 0.15) is 6.42 Å². The van der Waals surface area contributed by atoms with Gasteiger partial charge in [0, 0.05) is 19.1 Å². The zero-order valence-corrected chi connectivity index (χ0v) is 12.9. The maximum absolute atomic E-state index is 12.6. The van der Waals surface area contributed by atoms with Gasteiger partial charge in [-0.25, -0.2) is 13.2 Å². The van der Waals surface area contributed by atoms with Gasteiger partial charge in [-0.1, -0.05) is 17.7 Å². The van der Waals surface area contributed by atoms with E-state index in [2.05, 4.69) is 10.1 Å². The average Bonchev–Trinajstić information content (AvgIpc) is 2.87. The van der Waals surface area contributed by atoms with E-state index in [9.17, 15) is 13.2 Å². The van der Waals surface area contributed by atoms with Crippen LogP contribution in [0, 0.1) is 0 Å². The van der Waals surface area contributed by atoms with Crippen molar-refractivity contribution in [3.63, 3.8) is 0 Å². The highest BCUT2D eigenvalue weighted by Crippen LogP contribution is 2.31. The first-order chi connectivity index (χ1) is 9.86. The lowest BCUT2D eigenvalue weighted by Gasteiger charge is -2.18. The average molecular weight is 334 g/mol. The second-order valence-corrected chi connectivity index (χ2v) is 6.92. The predicted octanol–water partition coefficient (Wildman–Crippen LogP) is 1.04. The molecule has 3 N–H and O–H groups in total. The van der Waals surface area contributed by atoms with E-state index in [1.165, 1.54) is 23.5 Å². The van der Waals surface area contributed by atoms with Crippen molar-refractivity contribution in [3.8, 4) is 0 Å². The van der Waals surface area contributed by atoms with Gasteiger partial charge in [0.05, 0.1) is 17.8 Å². The number of nitrogens with zero attached hydrogens (tertiary/aromatic N) is 1. The fourth-order valence-corrected chi connectivity index (χ4v) is 4.35. The Morgan fingerprint density at radius 2 is 2.24 bits per heavy atom. The predicted molar refractivity (Wildman–Crippen MR) is 78.6 cm³/mol. The number of carbonyl (C=O) groups is 1. The van der Waals surface area contributed by atoms with Crippen LogP contribution in [0.2, 0.25) is 5.02 Å². The third-order valence-corrected chi connectivity index (χ3v) is 5.66. The van der Waals surface area contributed by atoms with Gasteiger partial charge in [-0.05, 0) is 18.6 Å². The topological polar surface area (TPSA) is 102 Å². The van der Waals surface area contributed by atoms with Crippen molar-refractivity contribution < 1.29 is 17.9 Å². The first kappa shape index (κ1) is 15.9. The number of nitrogens with one attached hydrogen (secondary N) is 1. The van der Waals surface area contributed by atoms with Gasteiger partial charge < -0.3 is 15.8 Å². The summed E-state index contributed by atoms with van der Waals surface area (Å²) in [5.74, 6) is 0. The molecule has 0 aliphatic carbocycles. The molecule has 1 aromatic carbocycles. The van der Waals surface area contributed by atoms with Gasteiger partial charge in [0.25, 0.3) is 0 Å². The van der Waals surface area contributed by atoms with E-state index in [0.717, 1.165) is 0 Å². The Kier molecular flexibility index (Phi) is 4.60. The Hall–Kier alpha value is -1.51. The van der Waals surface area contributed by atoms with Crippen LogP contribution >= 0.6 is 11.6 Å². The molecule has 1 unspecified atom stereocenters. The molecule has 2 rings (SSSR count). The van der Waals surface area contributed by atoms with E-state index >= 15 is 0 Å². The van der Waals surface area contributed by atoms with Crippen LogP contribution in [0.3, 0.4) is 0 Å². The van der Waals surface area contributed by atoms with Crippen LogP contribution in [0.15, 0.2) is 23.1 Å². The minimum Gasteiger partial charge on any atom is -0.453 e. The molecule has 1 aromatic rings. The quantitative estimate of drug-likeness (QED) is 0.805. The Balaban J connectivity index is 2.20. The Morgan fingerprint density at radius 1 is 1.52 bits per heavy atom. The number of nitrogens with two attached hydrogens (primary N) is 1. The molecule has 0 aromatic heterocycles. The summed E-state index contributed by atoms with van der Waals surface area (Å²) in [6.45, 7) is 0.434. The molecule has 7 nitrogen and oxygen atoms in total. The van der Waals surface area contributed by atoms with Gasteiger partial charge in [-0.2, -0.15) is 4.31 Å². The molecule has 1 fully saturated rings. The molecule has 1 aliphatic rings. The summed E-state index contributed by atoms with van der Waals surface area (Å²) >= 11 is 5.96. The number of rotatable bonds is 3. The lowest BCUT2D eigenvalue weighted by Crippen LogP contribution is -2.38. The molecule has 21 heavy (non-hydrogen) atoms. The number of nitrogen functional groups attached to an aromatic ring is 1. The zero-order chi connectivity index (χ0) is 15.6. The van der Waals surface area contributed by atoms with Crippen molar-refractivity contribution >= 4 is 33.4 Å². The molecular formula is C12H16ClN3O4S. The van der Waals surface area contributed by atoms with E-state index in [-0.39, 0.29) is 34.7 Å². The molecule has 0 spiro atoms. The van der Waals surface area contributed by atoms with Crippen molar-refractivity contribution in [1.29, 1.82) is 0 Å². The Bertz CT molecular complexity index is 630. The molecule has 0 saturated carbocycles. The molecule has 9 heteroatoms. The smallest absolute Gasteiger partial charge is 0.407 e. The third kappa shape index (κ3) is 3.22. The SMILES string of the molecule is COC(=O)NC1CCN(S(=O)(=O)c2c(N)cccc2Cl)C1. The number of methoxy groups -OCH3 is 1. The van der Waals surface area contributed by atoms with Crippen LogP contribution in [0.4, 0.5) is 10.5 Å². The third-order valence-electron chi connectivity index (χ3n) is 3.25. The number of ether oxygens (including phenoxy) is 1. The van der Waals surface area contributed by atoms with Crippen LogP contribution in [-0.2, 0) is 14.8 Å². The number of sulfonamides is 1. The van der Waals surface area contributed by atoms with Crippen molar-refractivity contribution in [1.82, 2.24) is 9.62 Å². The summed E-state index contributed by atoms with van der Waals surface area (Å²) in [5.41, 5.74) is 5.84. The fraction of sp³-hybridized carbons (Fsp3) is 0.417. The van der Waals surface area contributed by atoms with E-state index in [1.54, 1.807) is 6.07 Å². The van der Waals surface area contributed by atoms with Crippen molar-refractivity contribution in [2.75, 3.05) is 25.9 Å². The molecule has 0 bridgehead atoms. The normalized spacial score (nSPS) is 19.4. The van der Waals surface area contributed by atoms with E-state index in [0.29, 0.717) is 6.42 Å².